The number of anilines is 1. The first-order valence-electron chi connectivity index (χ1n) is 7.28. The van der Waals surface area contributed by atoms with Gasteiger partial charge < -0.3 is 15.3 Å². The summed E-state index contributed by atoms with van der Waals surface area (Å²) in [5.74, 6) is -0.966. The molecular weight excluding hydrogens is 272 g/mol. The molecule has 21 heavy (non-hydrogen) atoms. The first-order chi connectivity index (χ1) is 9.98. The first kappa shape index (κ1) is 15.3. The van der Waals surface area contributed by atoms with E-state index < -0.39 is 5.97 Å². The van der Waals surface area contributed by atoms with Crippen molar-refractivity contribution in [1.82, 2.24) is 14.7 Å². The third-order valence-electron chi connectivity index (χ3n) is 4.41. The van der Waals surface area contributed by atoms with Gasteiger partial charge in [-0.1, -0.05) is 13.8 Å². The Morgan fingerprint density at radius 2 is 2.14 bits per heavy atom. The lowest BCUT2D eigenvalue weighted by Gasteiger charge is -2.26. The molecule has 0 saturated carbocycles. The Kier molecular flexibility index (Phi) is 4.50. The quantitative estimate of drug-likeness (QED) is 0.869. The van der Waals surface area contributed by atoms with Gasteiger partial charge in [-0.15, -0.1) is 0 Å². The Hall–Kier alpha value is -2.05. The Morgan fingerprint density at radius 3 is 2.71 bits per heavy atom. The zero-order chi connectivity index (χ0) is 15.5. The summed E-state index contributed by atoms with van der Waals surface area (Å²) in [7, 11) is 0. The SMILES string of the molecule is CCC1(CC)CCN(C(=O)Nc2cnn(CC(=O)O)c2)C1. The van der Waals surface area contributed by atoms with Crippen molar-refractivity contribution >= 4 is 17.7 Å². The number of amides is 2. The number of hydrogen-bond donors (Lipinski definition) is 2. The van der Waals surface area contributed by atoms with Crippen molar-refractivity contribution in [2.75, 3.05) is 18.4 Å². The highest BCUT2D eigenvalue weighted by Crippen LogP contribution is 2.37. The molecular formula is C14H22N4O3. The molecule has 116 valence electrons. The molecule has 0 spiro atoms. The maximum Gasteiger partial charge on any atom is 0.325 e. The zero-order valence-corrected chi connectivity index (χ0v) is 12.5. The van der Waals surface area contributed by atoms with Gasteiger partial charge in [-0.3, -0.25) is 9.48 Å². The third-order valence-corrected chi connectivity index (χ3v) is 4.41. The molecule has 0 aliphatic carbocycles. The number of carbonyl (C=O) groups is 2. The first-order valence-corrected chi connectivity index (χ1v) is 7.28. The maximum absolute atomic E-state index is 12.2. The number of carboxylic acid groups (broad SMARTS) is 1. The maximum atomic E-state index is 12.2. The van der Waals surface area contributed by atoms with Crippen LogP contribution in [0.25, 0.3) is 0 Å². The predicted octanol–water partition coefficient (Wildman–Crippen LogP) is 2.01. The van der Waals surface area contributed by atoms with Gasteiger partial charge in [0, 0.05) is 19.3 Å². The number of carbonyl (C=O) groups excluding carboxylic acids is 1. The molecule has 0 bridgehead atoms. The second-order valence-electron chi connectivity index (χ2n) is 5.63. The van der Waals surface area contributed by atoms with Crippen molar-refractivity contribution in [2.24, 2.45) is 5.41 Å². The number of nitrogens with one attached hydrogen (secondary N) is 1. The molecule has 2 amide bonds. The Morgan fingerprint density at radius 1 is 1.43 bits per heavy atom. The number of rotatable bonds is 5. The molecule has 0 aromatic carbocycles. The Balaban J connectivity index is 1.93. The van der Waals surface area contributed by atoms with Crippen molar-refractivity contribution in [2.45, 2.75) is 39.7 Å². The van der Waals surface area contributed by atoms with E-state index >= 15 is 0 Å². The van der Waals surface area contributed by atoms with Crippen LogP contribution in [0.1, 0.15) is 33.1 Å². The van der Waals surface area contributed by atoms with Crippen LogP contribution in [0.4, 0.5) is 10.5 Å². The van der Waals surface area contributed by atoms with Gasteiger partial charge in [0.05, 0.1) is 11.9 Å². The molecule has 0 atom stereocenters. The lowest BCUT2D eigenvalue weighted by atomic mass is 9.82. The summed E-state index contributed by atoms with van der Waals surface area (Å²) in [4.78, 5) is 24.6. The third kappa shape index (κ3) is 3.53. The van der Waals surface area contributed by atoms with Gasteiger partial charge in [-0.25, -0.2) is 4.79 Å². The lowest BCUT2D eigenvalue weighted by Crippen LogP contribution is -2.35. The van der Waals surface area contributed by atoms with Gasteiger partial charge in [-0.2, -0.15) is 5.10 Å². The second-order valence-corrected chi connectivity index (χ2v) is 5.63. The molecule has 1 aliphatic heterocycles. The van der Waals surface area contributed by atoms with Gasteiger partial charge in [0.15, 0.2) is 0 Å². The summed E-state index contributed by atoms with van der Waals surface area (Å²) in [5.41, 5.74) is 0.761. The normalized spacial score (nSPS) is 17.0. The largest absolute Gasteiger partial charge is 0.480 e. The molecule has 7 nitrogen and oxygen atoms in total. The van der Waals surface area contributed by atoms with Crippen molar-refractivity contribution < 1.29 is 14.7 Å². The van der Waals surface area contributed by atoms with E-state index in [1.165, 1.54) is 17.1 Å². The van der Waals surface area contributed by atoms with Crippen LogP contribution in [-0.2, 0) is 11.3 Å². The van der Waals surface area contributed by atoms with Crippen LogP contribution >= 0.6 is 0 Å². The van der Waals surface area contributed by atoms with Crippen LogP contribution in [0.15, 0.2) is 12.4 Å². The number of aliphatic carboxylic acids is 1. The lowest BCUT2D eigenvalue weighted by molar-refractivity contribution is -0.137. The van der Waals surface area contributed by atoms with E-state index in [4.69, 9.17) is 5.11 Å². The monoisotopic (exact) mass is 294 g/mol. The molecule has 2 rings (SSSR count). The number of nitrogens with zero attached hydrogens (tertiary/aromatic N) is 3. The van der Waals surface area contributed by atoms with E-state index in [0.29, 0.717) is 5.69 Å². The van der Waals surface area contributed by atoms with Gasteiger partial charge in [-0.05, 0) is 24.7 Å². The van der Waals surface area contributed by atoms with Crippen LogP contribution in [0, 0.1) is 5.41 Å². The molecule has 7 heteroatoms. The summed E-state index contributed by atoms with van der Waals surface area (Å²) in [6.07, 6.45) is 6.16. The molecule has 2 N–H and O–H groups in total. The number of urea groups is 1. The summed E-state index contributed by atoms with van der Waals surface area (Å²) >= 11 is 0. The van der Waals surface area contributed by atoms with Gasteiger partial charge >= 0.3 is 12.0 Å². The molecule has 1 saturated heterocycles. The van der Waals surface area contributed by atoms with Gasteiger partial charge in [0.1, 0.15) is 6.54 Å². The van der Waals surface area contributed by atoms with E-state index in [0.717, 1.165) is 32.4 Å². The van der Waals surface area contributed by atoms with Gasteiger partial charge in [0.25, 0.3) is 0 Å². The van der Waals surface area contributed by atoms with Crippen LogP contribution in [0.3, 0.4) is 0 Å². The summed E-state index contributed by atoms with van der Waals surface area (Å²) in [5, 5.41) is 15.4. The van der Waals surface area contributed by atoms with Crippen molar-refractivity contribution in [1.29, 1.82) is 0 Å². The molecule has 0 radical (unpaired) electrons. The average Bonchev–Trinajstić information content (AvgIpc) is 3.05. The van der Waals surface area contributed by atoms with E-state index in [2.05, 4.69) is 24.3 Å². The molecule has 1 aliphatic rings. The van der Waals surface area contributed by atoms with Crippen molar-refractivity contribution in [3.05, 3.63) is 12.4 Å². The van der Waals surface area contributed by atoms with Gasteiger partial charge in [0.2, 0.25) is 0 Å². The van der Waals surface area contributed by atoms with E-state index in [1.54, 1.807) is 0 Å². The van der Waals surface area contributed by atoms with Crippen LogP contribution in [-0.4, -0.2) is 44.9 Å². The Bertz CT molecular complexity index is 522. The number of likely N-dealkylation sites (tertiary alicyclic amines) is 1. The standard InChI is InChI=1S/C14H22N4O3/c1-3-14(4-2)5-6-17(10-14)13(21)16-11-7-15-18(8-11)9-12(19)20/h7-8H,3-6,9-10H2,1-2H3,(H,16,21)(H,19,20). The molecule has 1 fully saturated rings. The molecule has 1 aromatic heterocycles. The highest BCUT2D eigenvalue weighted by molar-refractivity contribution is 5.89. The minimum absolute atomic E-state index is 0.145. The summed E-state index contributed by atoms with van der Waals surface area (Å²) in [6, 6.07) is -0.145. The fourth-order valence-electron chi connectivity index (χ4n) is 2.79. The van der Waals surface area contributed by atoms with E-state index in [-0.39, 0.29) is 18.0 Å². The summed E-state index contributed by atoms with van der Waals surface area (Å²) in [6.45, 7) is 5.65. The highest BCUT2D eigenvalue weighted by Gasteiger charge is 2.37. The molecule has 0 unspecified atom stereocenters. The van der Waals surface area contributed by atoms with Crippen LogP contribution in [0.2, 0.25) is 0 Å². The van der Waals surface area contributed by atoms with E-state index in [9.17, 15) is 9.59 Å². The van der Waals surface area contributed by atoms with Crippen LogP contribution in [0.5, 0.6) is 0 Å². The highest BCUT2D eigenvalue weighted by atomic mass is 16.4. The zero-order valence-electron chi connectivity index (χ0n) is 12.5. The molecule has 1 aromatic rings. The van der Waals surface area contributed by atoms with Crippen LogP contribution < -0.4 is 5.32 Å². The van der Waals surface area contributed by atoms with Crippen molar-refractivity contribution in [3.8, 4) is 0 Å². The topological polar surface area (TPSA) is 87.5 Å². The van der Waals surface area contributed by atoms with E-state index in [1.807, 2.05) is 4.90 Å². The summed E-state index contributed by atoms with van der Waals surface area (Å²) < 4.78 is 1.28. The smallest absolute Gasteiger partial charge is 0.325 e. The minimum atomic E-state index is -0.966. The second kappa shape index (κ2) is 6.15. The number of hydrogen-bond acceptors (Lipinski definition) is 3. The van der Waals surface area contributed by atoms with Crippen molar-refractivity contribution in [3.63, 3.8) is 0 Å². The Labute approximate surface area is 123 Å². The number of carboxylic acids is 1. The molecule has 2 heterocycles. The number of aromatic nitrogens is 2. The fourth-order valence-corrected chi connectivity index (χ4v) is 2.79. The predicted molar refractivity (Wildman–Crippen MR) is 78.1 cm³/mol. The fraction of sp³-hybridized carbons (Fsp3) is 0.643. The minimum Gasteiger partial charge on any atom is -0.480 e. The average molecular weight is 294 g/mol.